The molecule has 29 heavy (non-hydrogen) atoms. The van der Waals surface area contributed by atoms with Gasteiger partial charge in [0, 0.05) is 7.11 Å². The van der Waals surface area contributed by atoms with Crippen LogP contribution in [0.4, 0.5) is 61.5 Å². The average Bonchev–Trinajstić information content (AvgIpc) is 2.56. The molecule has 0 N–H and O–H groups in total. The van der Waals surface area contributed by atoms with Crippen molar-refractivity contribution in [2.75, 3.05) is 7.11 Å². The highest BCUT2D eigenvalue weighted by Gasteiger charge is 2.82. The highest BCUT2D eigenvalue weighted by Crippen LogP contribution is 2.56. The molecular weight excluding hydrogens is 450 g/mol. The number of hydrogen-bond donors (Lipinski definition) is 0. The number of benzene rings is 1. The fourth-order valence-corrected chi connectivity index (χ4v) is 2.27. The molecule has 0 aromatic heterocycles. The van der Waals surface area contributed by atoms with Crippen LogP contribution in [0.3, 0.4) is 0 Å². The maximum Gasteiger partial charge on any atom is 0.460 e. The zero-order valence-electron chi connectivity index (χ0n) is 13.9. The zero-order valence-corrected chi connectivity index (χ0v) is 13.9. The molecule has 0 aliphatic carbocycles. The molecule has 0 aliphatic rings. The summed E-state index contributed by atoms with van der Waals surface area (Å²) in [5.41, 5.74) is -5.93. The lowest BCUT2D eigenvalue weighted by molar-refractivity contribution is -0.400. The van der Waals surface area contributed by atoms with E-state index in [1.165, 1.54) is 0 Å². The van der Waals surface area contributed by atoms with Crippen molar-refractivity contribution in [3.8, 4) is 0 Å². The molecule has 0 amide bonds. The third kappa shape index (κ3) is 3.72. The van der Waals surface area contributed by atoms with E-state index >= 15 is 0 Å². The van der Waals surface area contributed by atoms with E-state index in [0.717, 1.165) is 0 Å². The van der Waals surface area contributed by atoms with Gasteiger partial charge in [0.2, 0.25) is 5.82 Å². The van der Waals surface area contributed by atoms with Gasteiger partial charge < -0.3 is 4.74 Å². The first kappa shape index (κ1) is 25.2. The number of ether oxygens (including phenoxy) is 1. The summed E-state index contributed by atoms with van der Waals surface area (Å²) in [5.74, 6) is -34.8. The molecule has 1 rings (SSSR count). The van der Waals surface area contributed by atoms with Gasteiger partial charge in [-0.05, 0) is 6.92 Å². The Bertz CT molecular complexity index is 754. The van der Waals surface area contributed by atoms with Crippen molar-refractivity contribution in [3.63, 3.8) is 0 Å². The van der Waals surface area contributed by atoms with E-state index < -0.39 is 70.6 Å². The molecule has 0 saturated carbocycles. The largest absolute Gasteiger partial charge is 0.460 e. The summed E-state index contributed by atoms with van der Waals surface area (Å²) in [4.78, 5) is 0. The third-order valence-electron chi connectivity index (χ3n) is 3.96. The molecule has 0 radical (unpaired) electrons. The fourth-order valence-electron chi connectivity index (χ4n) is 2.27. The molecule has 1 aromatic carbocycles. The average molecular weight is 458 g/mol. The Morgan fingerprint density at radius 3 is 1.28 bits per heavy atom. The molecule has 0 bridgehead atoms. The Balaban J connectivity index is 3.65. The molecule has 0 saturated heterocycles. The summed E-state index contributed by atoms with van der Waals surface area (Å²) < 4.78 is 188. The van der Waals surface area contributed by atoms with Gasteiger partial charge in [0.1, 0.15) is 5.60 Å². The Morgan fingerprint density at radius 1 is 0.621 bits per heavy atom. The van der Waals surface area contributed by atoms with Gasteiger partial charge in [0.15, 0.2) is 23.3 Å². The van der Waals surface area contributed by atoms with Crippen LogP contribution in [-0.2, 0) is 10.3 Å². The second-order valence-corrected chi connectivity index (χ2v) is 5.91. The minimum atomic E-state index is -7.32. The molecule has 1 nitrogen and oxygen atoms in total. The topological polar surface area (TPSA) is 9.23 Å². The fraction of sp³-hybridized carbons (Fsp3) is 0.571. The van der Waals surface area contributed by atoms with Crippen molar-refractivity contribution in [1.29, 1.82) is 0 Å². The summed E-state index contributed by atoms with van der Waals surface area (Å²) in [6.45, 7) is 0.0288. The predicted molar refractivity (Wildman–Crippen MR) is 66.1 cm³/mol. The molecule has 15 heteroatoms. The van der Waals surface area contributed by atoms with Crippen LogP contribution in [0.5, 0.6) is 0 Å². The lowest BCUT2D eigenvalue weighted by Gasteiger charge is -2.38. The van der Waals surface area contributed by atoms with Gasteiger partial charge in [-0.2, -0.15) is 39.5 Å². The SMILES string of the molecule is COC(C)(CC(F)(F)C(F)(F)C(F)(F)C(F)(F)F)c1c(F)c(F)c(F)c(F)c1F. The van der Waals surface area contributed by atoms with Crippen molar-refractivity contribution in [2.24, 2.45) is 0 Å². The first-order valence-electron chi connectivity index (χ1n) is 6.97. The number of rotatable bonds is 6. The molecule has 168 valence electrons. The summed E-state index contributed by atoms with van der Waals surface area (Å²) in [6.07, 6.45) is -10.2. The van der Waals surface area contributed by atoms with Crippen LogP contribution in [-0.4, -0.2) is 31.1 Å². The van der Waals surface area contributed by atoms with Gasteiger partial charge in [0.25, 0.3) is 0 Å². The van der Waals surface area contributed by atoms with Crippen LogP contribution in [0.15, 0.2) is 0 Å². The summed E-state index contributed by atoms with van der Waals surface area (Å²) in [7, 11) is 0.230. The Hall–Kier alpha value is -1.80. The normalized spacial score (nSPS) is 16.1. The number of alkyl halides is 9. The molecular formula is C14H8F14O. The van der Waals surface area contributed by atoms with Gasteiger partial charge in [-0.25, -0.2) is 22.0 Å². The van der Waals surface area contributed by atoms with E-state index in [9.17, 15) is 61.5 Å². The van der Waals surface area contributed by atoms with Crippen LogP contribution in [0.1, 0.15) is 18.9 Å². The van der Waals surface area contributed by atoms with E-state index in [1.54, 1.807) is 0 Å². The molecule has 0 aliphatic heterocycles. The number of halogens is 14. The van der Waals surface area contributed by atoms with Crippen LogP contribution < -0.4 is 0 Å². The van der Waals surface area contributed by atoms with Gasteiger partial charge >= 0.3 is 23.9 Å². The summed E-state index contributed by atoms with van der Waals surface area (Å²) >= 11 is 0. The van der Waals surface area contributed by atoms with Crippen LogP contribution in [0.2, 0.25) is 0 Å². The van der Waals surface area contributed by atoms with Crippen molar-refractivity contribution in [2.45, 2.75) is 42.9 Å². The Labute approximate surface area is 152 Å². The predicted octanol–water partition coefficient (Wildman–Crippen LogP) is 6.10. The van der Waals surface area contributed by atoms with E-state index in [2.05, 4.69) is 4.74 Å². The maximum absolute atomic E-state index is 13.8. The second-order valence-electron chi connectivity index (χ2n) is 5.91. The minimum Gasteiger partial charge on any atom is -0.373 e. The lowest BCUT2D eigenvalue weighted by Crippen LogP contribution is -2.62. The quantitative estimate of drug-likeness (QED) is 0.284. The van der Waals surface area contributed by atoms with Gasteiger partial charge in [-0.3, -0.25) is 0 Å². The molecule has 1 unspecified atom stereocenters. The highest BCUT2D eigenvalue weighted by atomic mass is 19.4. The van der Waals surface area contributed by atoms with Crippen molar-refractivity contribution in [3.05, 3.63) is 34.6 Å². The molecule has 1 aromatic rings. The first-order chi connectivity index (χ1) is 12.7. The monoisotopic (exact) mass is 458 g/mol. The van der Waals surface area contributed by atoms with Crippen molar-refractivity contribution < 1.29 is 66.2 Å². The first-order valence-corrected chi connectivity index (χ1v) is 6.97. The Kier molecular flexibility index (Phi) is 6.23. The standard InChI is InChI=1S/C14H8F14O/c1-10(29-2,4-5(15)7(17)9(19)8(18)6(4)16)3-11(20,21)12(22,23)13(24,25)14(26,27)28/h3H2,1-2H3. The van der Waals surface area contributed by atoms with E-state index in [0.29, 0.717) is 0 Å². The minimum absolute atomic E-state index is 0.0288. The summed E-state index contributed by atoms with van der Waals surface area (Å²) in [5, 5.41) is 0. The molecule has 1 atom stereocenters. The zero-order chi connectivity index (χ0) is 23.4. The number of methoxy groups -OCH3 is 1. The third-order valence-corrected chi connectivity index (χ3v) is 3.96. The summed E-state index contributed by atoms with van der Waals surface area (Å²) in [6, 6.07) is 0. The van der Waals surface area contributed by atoms with Crippen LogP contribution in [0, 0.1) is 29.1 Å². The molecule has 0 fully saturated rings. The van der Waals surface area contributed by atoms with E-state index in [1.807, 2.05) is 0 Å². The van der Waals surface area contributed by atoms with Gasteiger partial charge in [-0.1, -0.05) is 0 Å². The second kappa shape index (κ2) is 7.16. The van der Waals surface area contributed by atoms with Gasteiger partial charge in [-0.15, -0.1) is 0 Å². The number of hydrogen-bond acceptors (Lipinski definition) is 1. The molecule has 0 heterocycles. The lowest BCUT2D eigenvalue weighted by atomic mass is 9.85. The molecule has 0 spiro atoms. The van der Waals surface area contributed by atoms with Crippen LogP contribution >= 0.6 is 0 Å². The Morgan fingerprint density at radius 2 is 0.966 bits per heavy atom. The van der Waals surface area contributed by atoms with Crippen molar-refractivity contribution >= 4 is 0 Å². The van der Waals surface area contributed by atoms with E-state index in [4.69, 9.17) is 0 Å². The van der Waals surface area contributed by atoms with E-state index in [-0.39, 0.29) is 14.0 Å². The smallest absolute Gasteiger partial charge is 0.373 e. The van der Waals surface area contributed by atoms with Crippen molar-refractivity contribution in [1.82, 2.24) is 0 Å². The van der Waals surface area contributed by atoms with Crippen LogP contribution in [0.25, 0.3) is 0 Å². The maximum atomic E-state index is 13.8. The highest BCUT2D eigenvalue weighted by molar-refractivity contribution is 5.30. The van der Waals surface area contributed by atoms with Gasteiger partial charge in [0.05, 0.1) is 12.0 Å².